The first-order chi connectivity index (χ1) is 41.7. The molecule has 1 fully saturated rings. The minimum atomic E-state index is -1.62. The molecule has 1 heterocycles. The Balaban J connectivity index is 2.54. The van der Waals surface area contributed by atoms with Gasteiger partial charge in [0.1, 0.15) is 24.4 Å². The molecule has 1 amide bonds. The zero-order valence-corrected chi connectivity index (χ0v) is 55.5. The van der Waals surface area contributed by atoms with Crippen molar-refractivity contribution in [3.63, 3.8) is 0 Å². The Morgan fingerprint density at radius 1 is 0.459 bits per heavy atom. The predicted octanol–water partition coefficient (Wildman–Crippen LogP) is 18.7. The average molecular weight is 1200 g/mol. The van der Waals surface area contributed by atoms with E-state index in [4.69, 9.17) is 14.2 Å². The van der Waals surface area contributed by atoms with Gasteiger partial charge in [0.15, 0.2) is 12.4 Å². The number of ether oxygens (including phenoxy) is 3. The second kappa shape index (κ2) is 61.8. The van der Waals surface area contributed by atoms with E-state index in [0.717, 1.165) is 77.0 Å². The Morgan fingerprint density at radius 2 is 0.812 bits per heavy atom. The van der Waals surface area contributed by atoms with Gasteiger partial charge in [-0.2, -0.15) is 0 Å². The predicted molar refractivity (Wildman–Crippen MR) is 357 cm³/mol. The molecule has 0 aromatic carbocycles. The van der Waals surface area contributed by atoms with E-state index in [0.29, 0.717) is 12.8 Å². The van der Waals surface area contributed by atoms with Crippen LogP contribution in [0.15, 0.2) is 48.6 Å². The summed E-state index contributed by atoms with van der Waals surface area (Å²) in [5.74, 6) is -1.20. The maximum absolute atomic E-state index is 13.5. The van der Waals surface area contributed by atoms with Gasteiger partial charge in [-0.3, -0.25) is 9.59 Å². The van der Waals surface area contributed by atoms with Crippen LogP contribution in [0.25, 0.3) is 0 Å². The van der Waals surface area contributed by atoms with Crippen LogP contribution in [0.2, 0.25) is 0 Å². The van der Waals surface area contributed by atoms with E-state index in [-0.39, 0.29) is 19.4 Å². The first-order valence-corrected chi connectivity index (χ1v) is 36.4. The molecular weight excluding hydrogens is 1060 g/mol. The lowest BCUT2D eigenvalue weighted by molar-refractivity contribution is -0.305. The van der Waals surface area contributed by atoms with Gasteiger partial charge in [0.2, 0.25) is 5.91 Å². The highest BCUT2D eigenvalue weighted by Gasteiger charge is 2.47. The molecule has 6 N–H and O–H groups in total. The van der Waals surface area contributed by atoms with E-state index >= 15 is 0 Å². The summed E-state index contributed by atoms with van der Waals surface area (Å²) in [6, 6.07) is -1.04. The summed E-state index contributed by atoms with van der Waals surface area (Å²) < 4.78 is 17.7. The molecule has 0 aromatic rings. The highest BCUT2D eigenvalue weighted by molar-refractivity contribution is 5.80. The van der Waals surface area contributed by atoms with E-state index in [1.54, 1.807) is 6.08 Å². The standard InChI is InChI=1S/C74H137NO10/c1-4-7-10-13-16-19-22-25-27-29-30-31-32-33-34-35-36-37-38-39-41-44-47-50-53-56-59-62-69(79)85-72-71(81)70(80)68(63-76)84-74(72)83-64-65(66(77)60-57-54-51-48-45-42-24-21-18-15-12-9-6-3)75-73(82)67(78)61-58-55-52-49-46-43-40-28-26-23-20-17-14-11-8-5-2/h17,20,26,28,43,46,57,60,65-68,70-72,74,76-78,80-81H,4-16,18-19,21-25,27,29-42,44-45,47-56,58-59,61-64H2,1-3H3,(H,75,82)/b20-17-,28-26-,46-43-,60-57+. The lowest BCUT2D eigenvalue weighted by Gasteiger charge is -2.41. The smallest absolute Gasteiger partial charge is 0.306 e. The molecule has 1 rings (SSSR count). The number of hydrogen-bond acceptors (Lipinski definition) is 10. The van der Waals surface area contributed by atoms with Crippen molar-refractivity contribution in [3.05, 3.63) is 48.6 Å². The fraction of sp³-hybridized carbons (Fsp3) is 0.865. The SMILES string of the molecule is CCCCC/C=C\C/C=C\C/C=C\CCCCCC(O)C(=O)NC(COC1OC(CO)C(O)C(O)C1OC(=O)CCCCCCCCCCCCCCCCCCCCCCCCCCCCC)C(O)/C=C/CCCCCCCCCCCCC. The molecule has 0 aromatic heterocycles. The minimum Gasteiger partial charge on any atom is -0.454 e. The van der Waals surface area contributed by atoms with Gasteiger partial charge in [-0.15, -0.1) is 0 Å². The van der Waals surface area contributed by atoms with Crippen LogP contribution in [-0.2, 0) is 23.8 Å². The summed E-state index contributed by atoms with van der Waals surface area (Å²) in [7, 11) is 0. The number of carbonyl (C=O) groups is 2. The number of amides is 1. The third-order valence-electron chi connectivity index (χ3n) is 17.2. The fourth-order valence-corrected chi connectivity index (χ4v) is 11.5. The van der Waals surface area contributed by atoms with E-state index in [2.05, 4.69) is 62.5 Å². The molecule has 0 radical (unpaired) electrons. The van der Waals surface area contributed by atoms with Gasteiger partial charge < -0.3 is 45.1 Å². The van der Waals surface area contributed by atoms with Crippen LogP contribution >= 0.6 is 0 Å². The second-order valence-corrected chi connectivity index (χ2v) is 25.3. The number of nitrogens with one attached hydrogen (secondary N) is 1. The molecule has 1 saturated heterocycles. The van der Waals surface area contributed by atoms with Crippen LogP contribution in [0.5, 0.6) is 0 Å². The van der Waals surface area contributed by atoms with Crippen molar-refractivity contribution < 1.29 is 49.3 Å². The molecule has 8 atom stereocenters. The van der Waals surface area contributed by atoms with Crippen LogP contribution in [0.1, 0.15) is 348 Å². The van der Waals surface area contributed by atoms with Crippen LogP contribution in [0, 0.1) is 0 Å². The lowest BCUT2D eigenvalue weighted by atomic mass is 9.99. The first-order valence-electron chi connectivity index (χ1n) is 36.4. The van der Waals surface area contributed by atoms with E-state index in [9.17, 15) is 35.1 Å². The van der Waals surface area contributed by atoms with Crippen molar-refractivity contribution >= 4 is 11.9 Å². The van der Waals surface area contributed by atoms with Crippen molar-refractivity contribution in [2.45, 2.75) is 397 Å². The number of rotatable bonds is 63. The van der Waals surface area contributed by atoms with Gasteiger partial charge in [-0.1, -0.05) is 326 Å². The first kappa shape index (κ1) is 80.6. The largest absolute Gasteiger partial charge is 0.454 e. The molecule has 0 bridgehead atoms. The van der Waals surface area contributed by atoms with Crippen molar-refractivity contribution in [2.24, 2.45) is 0 Å². The summed E-state index contributed by atoms with van der Waals surface area (Å²) in [4.78, 5) is 26.7. The molecule has 11 heteroatoms. The van der Waals surface area contributed by atoms with E-state index in [1.807, 2.05) is 6.08 Å². The number of hydrogen-bond donors (Lipinski definition) is 6. The van der Waals surface area contributed by atoms with Crippen LogP contribution in [0.4, 0.5) is 0 Å². The van der Waals surface area contributed by atoms with Gasteiger partial charge in [0, 0.05) is 6.42 Å². The summed E-state index contributed by atoms with van der Waals surface area (Å²) in [5.41, 5.74) is 0. The van der Waals surface area contributed by atoms with Gasteiger partial charge >= 0.3 is 5.97 Å². The molecule has 1 aliphatic rings. The Bertz CT molecular complexity index is 1570. The van der Waals surface area contributed by atoms with Crippen LogP contribution < -0.4 is 5.32 Å². The van der Waals surface area contributed by atoms with Gasteiger partial charge in [0.25, 0.3) is 0 Å². The number of unbranched alkanes of at least 4 members (excludes halogenated alkanes) is 43. The summed E-state index contributed by atoms with van der Waals surface area (Å²) >= 11 is 0. The van der Waals surface area contributed by atoms with Crippen molar-refractivity contribution in [3.8, 4) is 0 Å². The molecule has 8 unspecified atom stereocenters. The van der Waals surface area contributed by atoms with Crippen molar-refractivity contribution in [1.82, 2.24) is 5.32 Å². The Morgan fingerprint density at radius 3 is 1.24 bits per heavy atom. The summed E-state index contributed by atoms with van der Waals surface area (Å²) in [5, 5.41) is 57.2. The molecular formula is C74H137NO10. The summed E-state index contributed by atoms with van der Waals surface area (Å²) in [6.07, 6.45) is 67.4. The molecule has 498 valence electrons. The minimum absolute atomic E-state index is 0.125. The number of aliphatic hydroxyl groups excluding tert-OH is 5. The van der Waals surface area contributed by atoms with Crippen molar-refractivity contribution in [2.75, 3.05) is 13.2 Å². The highest BCUT2D eigenvalue weighted by Crippen LogP contribution is 2.26. The van der Waals surface area contributed by atoms with Crippen molar-refractivity contribution in [1.29, 1.82) is 0 Å². The van der Waals surface area contributed by atoms with Crippen LogP contribution in [0.3, 0.4) is 0 Å². The monoisotopic (exact) mass is 1200 g/mol. The normalized spacial score (nSPS) is 18.6. The van der Waals surface area contributed by atoms with Gasteiger partial charge in [-0.25, -0.2) is 0 Å². The number of allylic oxidation sites excluding steroid dienone is 7. The topological polar surface area (TPSA) is 175 Å². The van der Waals surface area contributed by atoms with Crippen LogP contribution in [-0.4, -0.2) is 99.6 Å². The lowest BCUT2D eigenvalue weighted by Crippen LogP contribution is -2.61. The van der Waals surface area contributed by atoms with Gasteiger partial charge in [0.05, 0.1) is 25.4 Å². The fourth-order valence-electron chi connectivity index (χ4n) is 11.5. The molecule has 0 spiro atoms. The Hall–Kier alpha value is -2.38. The second-order valence-electron chi connectivity index (χ2n) is 25.3. The molecule has 11 nitrogen and oxygen atoms in total. The molecule has 0 aliphatic carbocycles. The molecule has 85 heavy (non-hydrogen) atoms. The number of aliphatic hydroxyl groups is 5. The third-order valence-corrected chi connectivity index (χ3v) is 17.2. The number of carbonyl (C=O) groups excluding carboxylic acids is 2. The highest BCUT2D eigenvalue weighted by atomic mass is 16.7. The zero-order valence-electron chi connectivity index (χ0n) is 55.5. The van der Waals surface area contributed by atoms with E-state index in [1.165, 1.54) is 225 Å². The number of esters is 1. The molecule has 0 saturated carbocycles. The van der Waals surface area contributed by atoms with E-state index < -0.39 is 67.4 Å². The maximum Gasteiger partial charge on any atom is 0.306 e. The maximum atomic E-state index is 13.5. The zero-order chi connectivity index (χ0) is 61.7. The Labute approximate surface area is 523 Å². The van der Waals surface area contributed by atoms with Gasteiger partial charge in [-0.05, 0) is 64.2 Å². The Kier molecular flexibility index (Phi) is 58.7. The molecule has 1 aliphatic heterocycles. The third kappa shape index (κ3) is 49.1. The summed E-state index contributed by atoms with van der Waals surface area (Å²) in [6.45, 7) is 5.80. The average Bonchev–Trinajstić information content (AvgIpc) is 3.13. The quantitative estimate of drug-likeness (QED) is 0.0195.